The van der Waals surface area contributed by atoms with E-state index in [0.29, 0.717) is 36.2 Å². The number of ether oxygens (including phenoxy) is 1. The molecule has 2 N–H and O–H groups in total. The molecule has 0 amide bonds. The maximum atomic E-state index is 11.0. The van der Waals surface area contributed by atoms with E-state index in [2.05, 4.69) is 54.5 Å². The zero-order chi connectivity index (χ0) is 24.9. The van der Waals surface area contributed by atoms with Crippen LogP contribution < -0.4 is 0 Å². The first-order chi connectivity index (χ1) is 15.8. The second-order valence-corrected chi connectivity index (χ2v) is 14.9. The van der Waals surface area contributed by atoms with Gasteiger partial charge in [-0.1, -0.05) is 60.1 Å². The van der Waals surface area contributed by atoms with Crippen LogP contribution in [0.1, 0.15) is 99.8 Å². The van der Waals surface area contributed by atoms with Crippen LogP contribution in [0.2, 0.25) is 0 Å². The number of aliphatic hydroxyl groups is 2. The van der Waals surface area contributed by atoms with E-state index in [-0.39, 0.29) is 39.3 Å². The Morgan fingerprint density at radius 2 is 1.65 bits per heavy atom. The van der Waals surface area contributed by atoms with Gasteiger partial charge >= 0.3 is 0 Å². The highest BCUT2D eigenvalue weighted by Crippen LogP contribution is 2.75. The van der Waals surface area contributed by atoms with Gasteiger partial charge in [-0.15, -0.1) is 0 Å². The van der Waals surface area contributed by atoms with Crippen molar-refractivity contribution in [3.63, 3.8) is 0 Å². The van der Waals surface area contributed by atoms with E-state index in [1.807, 2.05) is 7.11 Å². The molecule has 0 saturated heterocycles. The third-order valence-corrected chi connectivity index (χ3v) is 13.7. The molecular formula is C31H52O3. The lowest BCUT2D eigenvalue weighted by atomic mass is 9.33. The molecule has 4 saturated carbocycles. The van der Waals surface area contributed by atoms with Crippen LogP contribution in [-0.2, 0) is 4.74 Å². The van der Waals surface area contributed by atoms with E-state index in [1.165, 1.54) is 25.7 Å². The molecule has 0 aliphatic heterocycles. The second kappa shape index (κ2) is 7.81. The fourth-order valence-corrected chi connectivity index (χ4v) is 11.2. The molecule has 3 nitrogen and oxygen atoms in total. The molecule has 0 radical (unpaired) electrons. The van der Waals surface area contributed by atoms with Gasteiger partial charge in [0.1, 0.15) is 0 Å². The van der Waals surface area contributed by atoms with Crippen molar-refractivity contribution in [3.05, 3.63) is 11.6 Å². The van der Waals surface area contributed by atoms with Crippen LogP contribution in [0.25, 0.3) is 0 Å². The predicted octanol–water partition coefficient (Wildman–Crippen LogP) is 6.62. The summed E-state index contributed by atoms with van der Waals surface area (Å²) in [6.07, 6.45) is 11.7. The lowest BCUT2D eigenvalue weighted by Gasteiger charge is -2.72. The van der Waals surface area contributed by atoms with Crippen LogP contribution in [0.3, 0.4) is 0 Å². The largest absolute Gasteiger partial charge is 0.396 e. The Labute approximate surface area is 209 Å². The van der Waals surface area contributed by atoms with Crippen molar-refractivity contribution in [2.75, 3.05) is 13.7 Å². The van der Waals surface area contributed by atoms with Crippen molar-refractivity contribution in [2.45, 2.75) is 112 Å². The van der Waals surface area contributed by atoms with Gasteiger partial charge in [-0.2, -0.15) is 0 Å². The average molecular weight is 473 g/mol. The summed E-state index contributed by atoms with van der Waals surface area (Å²) in [7, 11) is 1.93. The molecule has 0 spiro atoms. The Balaban J connectivity index is 1.67. The van der Waals surface area contributed by atoms with Gasteiger partial charge in [0.05, 0.1) is 12.2 Å². The maximum Gasteiger partial charge on any atom is 0.0793 e. The standard InChI is InChI=1S/C31H52O3/c1-19-9-14-31(18-32)16-15-29(6)21(25(31)20(19)2)17-22(34-8)26-28(5)12-11-24(33)27(3,4)23(28)10-13-30(26,29)7/h17,19-20,22-26,32-33H,9-16,18H2,1-8H3. The SMILES string of the molecule is COC1C=C2C3C(C)C(C)CCC3(CO)CCC2(C)C2(C)CCC3C(C)(C)C(O)CCC3(C)C12. The molecule has 0 aromatic rings. The van der Waals surface area contributed by atoms with E-state index >= 15 is 0 Å². The van der Waals surface area contributed by atoms with Crippen LogP contribution in [-0.4, -0.2) is 36.1 Å². The van der Waals surface area contributed by atoms with Crippen molar-refractivity contribution in [3.8, 4) is 0 Å². The van der Waals surface area contributed by atoms with Crippen molar-refractivity contribution in [1.82, 2.24) is 0 Å². The van der Waals surface area contributed by atoms with Crippen LogP contribution >= 0.6 is 0 Å². The first kappa shape index (κ1) is 25.3. The molecule has 194 valence electrons. The minimum absolute atomic E-state index is 0.0521. The molecule has 11 atom stereocenters. The first-order valence-corrected chi connectivity index (χ1v) is 14.4. The predicted molar refractivity (Wildman–Crippen MR) is 138 cm³/mol. The summed E-state index contributed by atoms with van der Waals surface area (Å²) >= 11 is 0. The number of fused-ring (bicyclic) bond motifs is 7. The zero-order valence-electron chi connectivity index (χ0n) is 23.3. The molecule has 4 fully saturated rings. The van der Waals surface area contributed by atoms with E-state index in [9.17, 15) is 10.2 Å². The molecule has 0 heterocycles. The lowest BCUT2D eigenvalue weighted by molar-refractivity contribution is -0.230. The summed E-state index contributed by atoms with van der Waals surface area (Å²) in [4.78, 5) is 0. The summed E-state index contributed by atoms with van der Waals surface area (Å²) in [5.41, 5.74) is 2.12. The molecule has 5 rings (SSSR count). The number of methoxy groups -OCH3 is 1. The minimum atomic E-state index is -0.203. The van der Waals surface area contributed by atoms with Gasteiger partial charge in [0.15, 0.2) is 0 Å². The van der Waals surface area contributed by atoms with E-state index in [1.54, 1.807) is 5.57 Å². The van der Waals surface area contributed by atoms with Gasteiger partial charge in [-0.3, -0.25) is 0 Å². The molecule has 11 unspecified atom stereocenters. The monoisotopic (exact) mass is 472 g/mol. The topological polar surface area (TPSA) is 49.7 Å². The molecule has 5 aliphatic rings. The molecule has 34 heavy (non-hydrogen) atoms. The molecule has 0 bridgehead atoms. The fraction of sp³-hybridized carbons (Fsp3) is 0.935. The fourth-order valence-electron chi connectivity index (χ4n) is 11.2. The smallest absolute Gasteiger partial charge is 0.0793 e. The molecular weight excluding hydrogens is 420 g/mol. The van der Waals surface area contributed by atoms with E-state index < -0.39 is 0 Å². The quantitative estimate of drug-likeness (QED) is 0.444. The van der Waals surface area contributed by atoms with E-state index in [4.69, 9.17) is 4.74 Å². The summed E-state index contributed by atoms with van der Waals surface area (Å²) in [5.74, 6) is 2.74. The normalized spacial score (nSPS) is 56.4. The number of allylic oxidation sites excluding steroid dienone is 1. The lowest BCUT2D eigenvalue weighted by Crippen LogP contribution is -2.68. The van der Waals surface area contributed by atoms with Gasteiger partial charge in [0.25, 0.3) is 0 Å². The Kier molecular flexibility index (Phi) is 5.81. The molecule has 3 heteroatoms. The number of aliphatic hydroxyl groups excluding tert-OH is 2. The Morgan fingerprint density at radius 3 is 2.29 bits per heavy atom. The van der Waals surface area contributed by atoms with Gasteiger partial charge in [-0.05, 0) is 96.7 Å². The molecule has 5 aliphatic carbocycles. The average Bonchev–Trinajstić information content (AvgIpc) is 2.79. The highest BCUT2D eigenvalue weighted by Gasteiger charge is 2.70. The number of hydrogen-bond donors (Lipinski definition) is 2. The van der Waals surface area contributed by atoms with Crippen LogP contribution in [0.4, 0.5) is 0 Å². The van der Waals surface area contributed by atoms with Crippen molar-refractivity contribution < 1.29 is 14.9 Å². The number of hydrogen-bond acceptors (Lipinski definition) is 3. The Bertz CT molecular complexity index is 848. The molecule has 0 aromatic heterocycles. The van der Waals surface area contributed by atoms with Gasteiger partial charge < -0.3 is 14.9 Å². The third-order valence-electron chi connectivity index (χ3n) is 13.7. The van der Waals surface area contributed by atoms with Crippen LogP contribution in [0.15, 0.2) is 11.6 Å². The molecule has 0 aromatic carbocycles. The maximum absolute atomic E-state index is 11.0. The first-order valence-electron chi connectivity index (χ1n) is 14.4. The van der Waals surface area contributed by atoms with Gasteiger partial charge in [-0.25, -0.2) is 0 Å². The Hall–Kier alpha value is -0.380. The highest BCUT2D eigenvalue weighted by atomic mass is 16.5. The van der Waals surface area contributed by atoms with Gasteiger partial charge in [0, 0.05) is 25.0 Å². The van der Waals surface area contributed by atoms with Crippen LogP contribution in [0.5, 0.6) is 0 Å². The Morgan fingerprint density at radius 1 is 0.941 bits per heavy atom. The van der Waals surface area contributed by atoms with Crippen molar-refractivity contribution >= 4 is 0 Å². The van der Waals surface area contributed by atoms with Gasteiger partial charge in [0.2, 0.25) is 0 Å². The second-order valence-electron chi connectivity index (χ2n) is 14.9. The minimum Gasteiger partial charge on any atom is -0.396 e. The summed E-state index contributed by atoms with van der Waals surface area (Å²) in [6, 6.07) is 0. The number of rotatable bonds is 2. The van der Waals surface area contributed by atoms with Crippen molar-refractivity contribution in [2.24, 2.45) is 56.7 Å². The highest BCUT2D eigenvalue weighted by molar-refractivity contribution is 5.36. The third kappa shape index (κ3) is 2.93. The van der Waals surface area contributed by atoms with Crippen molar-refractivity contribution in [1.29, 1.82) is 0 Å². The summed E-state index contributed by atoms with van der Waals surface area (Å²) in [6.45, 7) is 17.6. The zero-order valence-corrected chi connectivity index (χ0v) is 23.3. The van der Waals surface area contributed by atoms with Crippen LogP contribution in [0, 0.1) is 56.7 Å². The summed E-state index contributed by atoms with van der Waals surface area (Å²) < 4.78 is 6.44. The summed E-state index contributed by atoms with van der Waals surface area (Å²) in [5, 5.41) is 21.8. The van der Waals surface area contributed by atoms with E-state index in [0.717, 1.165) is 25.7 Å².